The highest BCUT2D eigenvalue weighted by Crippen LogP contribution is 2.24. The van der Waals surface area contributed by atoms with Crippen LogP contribution in [0, 0.1) is 0 Å². The number of hydrazine groups is 1. The molecule has 18 heavy (non-hydrogen) atoms. The number of hydrogen-bond acceptors (Lipinski definition) is 5. The maximum absolute atomic E-state index is 5.68. The van der Waals surface area contributed by atoms with Crippen molar-refractivity contribution in [2.75, 3.05) is 26.4 Å². The van der Waals surface area contributed by atoms with Crippen LogP contribution in [0.4, 0.5) is 0 Å². The molecule has 1 aromatic rings. The lowest BCUT2D eigenvalue weighted by atomic mass is 10.0. The molecule has 0 aromatic heterocycles. The highest BCUT2D eigenvalue weighted by atomic mass is 16.6. The van der Waals surface area contributed by atoms with Crippen molar-refractivity contribution < 1.29 is 14.2 Å². The standard InChI is InChI=1S/C13H20N2O3/c1-2-17-11-5-3-4-10(8-11)13(15-14)12-9-16-6-7-18-12/h3-5,8,12-13,15H,2,6-7,9,14H2,1H3. The van der Waals surface area contributed by atoms with Crippen molar-refractivity contribution in [2.24, 2.45) is 5.84 Å². The molecule has 1 saturated heterocycles. The predicted molar refractivity (Wildman–Crippen MR) is 68.2 cm³/mol. The van der Waals surface area contributed by atoms with Crippen molar-refractivity contribution in [3.63, 3.8) is 0 Å². The molecule has 0 amide bonds. The van der Waals surface area contributed by atoms with Crippen LogP contribution >= 0.6 is 0 Å². The Morgan fingerprint density at radius 3 is 3.06 bits per heavy atom. The van der Waals surface area contributed by atoms with Crippen LogP contribution < -0.4 is 16.0 Å². The summed E-state index contributed by atoms with van der Waals surface area (Å²) in [5.74, 6) is 6.47. The van der Waals surface area contributed by atoms with Gasteiger partial charge >= 0.3 is 0 Å². The summed E-state index contributed by atoms with van der Waals surface area (Å²) in [6.07, 6.45) is -0.0689. The second-order valence-electron chi connectivity index (χ2n) is 4.13. The van der Waals surface area contributed by atoms with Crippen molar-refractivity contribution in [2.45, 2.75) is 19.1 Å². The van der Waals surface area contributed by atoms with Crippen molar-refractivity contribution in [1.29, 1.82) is 0 Å². The van der Waals surface area contributed by atoms with Crippen LogP contribution in [0.25, 0.3) is 0 Å². The fourth-order valence-electron chi connectivity index (χ4n) is 2.08. The largest absolute Gasteiger partial charge is 0.494 e. The maximum atomic E-state index is 5.68. The Hall–Kier alpha value is -1.14. The van der Waals surface area contributed by atoms with E-state index in [4.69, 9.17) is 20.1 Å². The Morgan fingerprint density at radius 2 is 2.39 bits per heavy atom. The zero-order valence-corrected chi connectivity index (χ0v) is 10.6. The number of hydrogen-bond donors (Lipinski definition) is 2. The zero-order chi connectivity index (χ0) is 12.8. The summed E-state index contributed by atoms with van der Waals surface area (Å²) in [6, 6.07) is 7.77. The normalized spacial score (nSPS) is 21.6. The number of ether oxygens (including phenoxy) is 3. The van der Waals surface area contributed by atoms with E-state index in [0.29, 0.717) is 26.4 Å². The van der Waals surface area contributed by atoms with Crippen molar-refractivity contribution in [1.82, 2.24) is 5.43 Å². The summed E-state index contributed by atoms with van der Waals surface area (Å²) in [5, 5.41) is 0. The molecular weight excluding hydrogens is 232 g/mol. The van der Waals surface area contributed by atoms with Crippen LogP contribution in [0.1, 0.15) is 18.5 Å². The molecule has 3 N–H and O–H groups in total. The van der Waals surface area contributed by atoms with Gasteiger partial charge in [-0.2, -0.15) is 0 Å². The number of nitrogens with one attached hydrogen (secondary N) is 1. The Balaban J connectivity index is 2.12. The van der Waals surface area contributed by atoms with Gasteiger partial charge in [-0.05, 0) is 24.6 Å². The smallest absolute Gasteiger partial charge is 0.119 e. The number of nitrogens with two attached hydrogens (primary N) is 1. The van der Waals surface area contributed by atoms with E-state index in [1.807, 2.05) is 31.2 Å². The fourth-order valence-corrected chi connectivity index (χ4v) is 2.08. The molecule has 1 aliphatic heterocycles. The molecule has 1 aliphatic rings. The van der Waals surface area contributed by atoms with Gasteiger partial charge in [-0.3, -0.25) is 11.3 Å². The summed E-state index contributed by atoms with van der Waals surface area (Å²) in [7, 11) is 0. The van der Waals surface area contributed by atoms with Gasteiger partial charge in [-0.15, -0.1) is 0 Å². The summed E-state index contributed by atoms with van der Waals surface area (Å²) in [4.78, 5) is 0. The Morgan fingerprint density at radius 1 is 1.50 bits per heavy atom. The summed E-state index contributed by atoms with van der Waals surface area (Å²) >= 11 is 0. The maximum Gasteiger partial charge on any atom is 0.119 e. The van der Waals surface area contributed by atoms with E-state index in [1.54, 1.807) is 0 Å². The monoisotopic (exact) mass is 252 g/mol. The molecule has 2 atom stereocenters. The van der Waals surface area contributed by atoms with Crippen molar-refractivity contribution in [3.8, 4) is 5.75 Å². The van der Waals surface area contributed by atoms with E-state index in [-0.39, 0.29) is 12.1 Å². The lowest BCUT2D eigenvalue weighted by Crippen LogP contribution is -2.43. The molecule has 1 fully saturated rings. The summed E-state index contributed by atoms with van der Waals surface area (Å²) in [6.45, 7) is 4.41. The molecule has 0 radical (unpaired) electrons. The molecule has 2 unspecified atom stereocenters. The van der Waals surface area contributed by atoms with Gasteiger partial charge < -0.3 is 14.2 Å². The predicted octanol–water partition coefficient (Wildman–Crippen LogP) is 1.01. The minimum atomic E-state index is -0.0919. The van der Waals surface area contributed by atoms with E-state index >= 15 is 0 Å². The second kappa shape index (κ2) is 6.70. The van der Waals surface area contributed by atoms with E-state index < -0.39 is 0 Å². The van der Waals surface area contributed by atoms with Crippen LogP contribution in [0.2, 0.25) is 0 Å². The number of rotatable bonds is 5. The van der Waals surface area contributed by atoms with Gasteiger partial charge in [0, 0.05) is 0 Å². The van der Waals surface area contributed by atoms with Gasteiger partial charge in [0.1, 0.15) is 11.9 Å². The van der Waals surface area contributed by atoms with E-state index in [0.717, 1.165) is 11.3 Å². The zero-order valence-electron chi connectivity index (χ0n) is 10.6. The molecule has 0 bridgehead atoms. The Labute approximate surface area is 107 Å². The quantitative estimate of drug-likeness (QED) is 0.604. The van der Waals surface area contributed by atoms with Crippen molar-refractivity contribution in [3.05, 3.63) is 29.8 Å². The van der Waals surface area contributed by atoms with Crippen LogP contribution in [0.3, 0.4) is 0 Å². The molecule has 100 valence electrons. The Bertz CT molecular complexity index is 367. The third-order valence-electron chi connectivity index (χ3n) is 2.92. The molecule has 1 aromatic carbocycles. The second-order valence-corrected chi connectivity index (χ2v) is 4.13. The summed E-state index contributed by atoms with van der Waals surface area (Å²) < 4.78 is 16.6. The van der Waals surface area contributed by atoms with E-state index in [2.05, 4.69) is 5.43 Å². The molecule has 1 heterocycles. The van der Waals surface area contributed by atoms with Gasteiger partial charge in [-0.25, -0.2) is 0 Å². The average molecular weight is 252 g/mol. The minimum Gasteiger partial charge on any atom is -0.494 e. The Kier molecular flexibility index (Phi) is 4.95. The van der Waals surface area contributed by atoms with Gasteiger partial charge in [0.25, 0.3) is 0 Å². The molecule has 0 aliphatic carbocycles. The first-order chi connectivity index (χ1) is 8.85. The first-order valence-electron chi connectivity index (χ1n) is 6.23. The van der Waals surface area contributed by atoms with Crippen LogP contribution in [0.15, 0.2) is 24.3 Å². The van der Waals surface area contributed by atoms with Crippen LogP contribution in [0.5, 0.6) is 5.75 Å². The van der Waals surface area contributed by atoms with Gasteiger partial charge in [-0.1, -0.05) is 12.1 Å². The lowest BCUT2D eigenvalue weighted by Gasteiger charge is -2.30. The van der Waals surface area contributed by atoms with E-state index in [1.165, 1.54) is 0 Å². The van der Waals surface area contributed by atoms with E-state index in [9.17, 15) is 0 Å². The molecule has 0 saturated carbocycles. The van der Waals surface area contributed by atoms with Crippen LogP contribution in [-0.2, 0) is 9.47 Å². The summed E-state index contributed by atoms with van der Waals surface area (Å²) in [5.41, 5.74) is 3.84. The average Bonchev–Trinajstić information content (AvgIpc) is 2.42. The third-order valence-corrected chi connectivity index (χ3v) is 2.92. The SMILES string of the molecule is CCOc1cccc(C(NN)C2COCCO2)c1. The molecular formula is C13H20N2O3. The molecule has 0 spiro atoms. The first-order valence-corrected chi connectivity index (χ1v) is 6.23. The molecule has 2 rings (SSSR count). The topological polar surface area (TPSA) is 65.7 Å². The highest BCUT2D eigenvalue weighted by Gasteiger charge is 2.25. The van der Waals surface area contributed by atoms with Crippen molar-refractivity contribution >= 4 is 0 Å². The number of benzene rings is 1. The lowest BCUT2D eigenvalue weighted by molar-refractivity contribution is -0.102. The minimum absolute atomic E-state index is 0.0689. The third kappa shape index (κ3) is 3.20. The fraction of sp³-hybridized carbons (Fsp3) is 0.538. The van der Waals surface area contributed by atoms with Gasteiger partial charge in [0.05, 0.1) is 32.5 Å². The van der Waals surface area contributed by atoms with Gasteiger partial charge in [0.15, 0.2) is 0 Å². The molecule has 5 nitrogen and oxygen atoms in total. The highest BCUT2D eigenvalue weighted by molar-refractivity contribution is 5.31. The first kappa shape index (κ1) is 13.3. The van der Waals surface area contributed by atoms with Crippen LogP contribution in [-0.4, -0.2) is 32.5 Å². The molecule has 5 heteroatoms. The van der Waals surface area contributed by atoms with Gasteiger partial charge in [0.2, 0.25) is 0 Å².